The number of cyclic esters (lactones) is 1. The average Bonchev–Trinajstić information content (AvgIpc) is 3.15. The number of ketones is 2. The van der Waals surface area contributed by atoms with E-state index in [1.54, 1.807) is 21.0 Å². The molecular formula is C43H69NO10. The summed E-state index contributed by atoms with van der Waals surface area (Å²) in [5.74, 6) is -6.09. The molecule has 0 aromatic heterocycles. The fourth-order valence-corrected chi connectivity index (χ4v) is 9.52. The fourth-order valence-electron chi connectivity index (χ4n) is 9.52. The molecule has 0 spiro atoms. The van der Waals surface area contributed by atoms with Crippen molar-refractivity contribution >= 4 is 23.4 Å². The van der Waals surface area contributed by atoms with E-state index in [4.69, 9.17) is 14.2 Å². The number of methoxy groups -OCH3 is 1. The Hall–Kier alpha value is -2.44. The quantitative estimate of drug-likeness (QED) is 0.176. The second-order valence-corrected chi connectivity index (χ2v) is 17.2. The van der Waals surface area contributed by atoms with E-state index in [1.807, 2.05) is 26.0 Å². The van der Waals surface area contributed by atoms with Crippen molar-refractivity contribution in [2.24, 2.45) is 35.5 Å². The average molecular weight is 760 g/mol. The SMILES string of the molecule is CCC1=CC(C)C[C@H](C)C[C@H](CC)C2CC[C@@H](C)C(O)(O2)C(=O)C(=O)N2CCCCC2C(=O)OC(C(C)=C[C@@H]2CCC(O)C(OC)C2)[C@H](C)C(O)CC1=O. The van der Waals surface area contributed by atoms with Crippen molar-refractivity contribution in [2.75, 3.05) is 13.7 Å². The number of hydrogen-bond acceptors (Lipinski definition) is 10. The maximum Gasteiger partial charge on any atom is 0.329 e. The first kappa shape index (κ1) is 44.3. The Morgan fingerprint density at radius 2 is 1.69 bits per heavy atom. The molecule has 1 saturated carbocycles. The molecule has 3 fully saturated rings. The van der Waals surface area contributed by atoms with Crippen LogP contribution in [0.25, 0.3) is 0 Å². The summed E-state index contributed by atoms with van der Waals surface area (Å²) in [6.07, 6.45) is 7.85. The van der Waals surface area contributed by atoms with Crippen LogP contribution in [0.3, 0.4) is 0 Å². The smallest absolute Gasteiger partial charge is 0.329 e. The standard InChI is InChI=1S/C43H69NO10/c1-9-31-20-25(3)19-26(4)21-32(10-2)37-17-14-28(6)43(51,54-37)40(48)41(49)44-18-12-11-13-33(44)42(50)53-39(29(7)35(46)24-36(31)47)27(5)22-30-15-16-34(45)38(23-30)52-8/h20,22,25-26,28-30,32-35,37-39,45-46,51H,9-19,21,23-24H2,1-8H3/t25?,26-,28+,29+,30-,32-,33?,34?,35?,37?,38?,39?,43?/m0/s1. The van der Waals surface area contributed by atoms with Gasteiger partial charge in [0.25, 0.3) is 11.7 Å². The van der Waals surface area contributed by atoms with Gasteiger partial charge in [0.15, 0.2) is 5.78 Å². The first-order valence-corrected chi connectivity index (χ1v) is 20.8. The first-order valence-electron chi connectivity index (χ1n) is 20.8. The van der Waals surface area contributed by atoms with E-state index >= 15 is 0 Å². The van der Waals surface area contributed by atoms with E-state index in [0.717, 1.165) is 19.3 Å². The molecule has 2 bridgehead atoms. The summed E-state index contributed by atoms with van der Waals surface area (Å²) in [6.45, 7) is 13.7. The molecule has 0 aromatic rings. The molecule has 3 N–H and O–H groups in total. The summed E-state index contributed by atoms with van der Waals surface area (Å²) in [7, 11) is 1.57. The molecule has 54 heavy (non-hydrogen) atoms. The van der Waals surface area contributed by atoms with E-state index in [9.17, 15) is 34.5 Å². The number of carbonyl (C=O) groups excluding carboxylic acids is 4. The van der Waals surface area contributed by atoms with Crippen molar-refractivity contribution in [3.63, 3.8) is 0 Å². The van der Waals surface area contributed by atoms with Crippen LogP contribution in [0.15, 0.2) is 23.3 Å². The summed E-state index contributed by atoms with van der Waals surface area (Å²) in [5.41, 5.74) is 1.35. The number of rotatable bonds is 5. The number of amides is 1. The number of esters is 1. The van der Waals surface area contributed by atoms with Crippen molar-refractivity contribution < 1.29 is 48.7 Å². The van der Waals surface area contributed by atoms with Crippen LogP contribution in [0.2, 0.25) is 0 Å². The lowest BCUT2D eigenvalue weighted by Crippen LogP contribution is -2.61. The largest absolute Gasteiger partial charge is 0.456 e. The first-order chi connectivity index (χ1) is 25.5. The zero-order valence-electron chi connectivity index (χ0n) is 34.1. The van der Waals surface area contributed by atoms with Gasteiger partial charge < -0.3 is 34.4 Å². The molecule has 0 aromatic carbocycles. The van der Waals surface area contributed by atoms with E-state index in [-0.39, 0.29) is 54.9 Å². The molecule has 8 unspecified atom stereocenters. The summed E-state index contributed by atoms with van der Waals surface area (Å²) >= 11 is 0. The van der Waals surface area contributed by atoms with Gasteiger partial charge in [-0.05, 0) is 112 Å². The number of nitrogens with zero attached hydrogens (tertiary/aromatic N) is 1. The monoisotopic (exact) mass is 759 g/mol. The van der Waals surface area contributed by atoms with Crippen LogP contribution in [0.4, 0.5) is 0 Å². The molecule has 2 saturated heterocycles. The zero-order chi connectivity index (χ0) is 39.9. The maximum atomic E-state index is 14.2. The summed E-state index contributed by atoms with van der Waals surface area (Å²) < 4.78 is 18.1. The van der Waals surface area contributed by atoms with Gasteiger partial charge in [-0.1, -0.05) is 60.1 Å². The molecule has 1 aliphatic carbocycles. The number of aliphatic hydroxyl groups is 3. The summed E-state index contributed by atoms with van der Waals surface area (Å²) in [6, 6.07) is -1.08. The second-order valence-electron chi connectivity index (χ2n) is 17.2. The van der Waals surface area contributed by atoms with E-state index in [1.165, 1.54) is 4.90 Å². The van der Waals surface area contributed by atoms with E-state index < -0.39 is 65.7 Å². The summed E-state index contributed by atoms with van der Waals surface area (Å²) in [4.78, 5) is 57.4. The fraction of sp³-hybridized carbons (Fsp3) is 0.814. The predicted molar refractivity (Wildman–Crippen MR) is 205 cm³/mol. The molecule has 11 nitrogen and oxygen atoms in total. The van der Waals surface area contributed by atoms with Crippen molar-refractivity contribution in [2.45, 2.75) is 174 Å². The Bertz CT molecular complexity index is 1380. The van der Waals surface area contributed by atoms with Crippen LogP contribution < -0.4 is 0 Å². The highest BCUT2D eigenvalue weighted by Gasteiger charge is 2.53. The van der Waals surface area contributed by atoms with Crippen molar-refractivity contribution in [3.05, 3.63) is 23.3 Å². The highest BCUT2D eigenvalue weighted by atomic mass is 16.6. The van der Waals surface area contributed by atoms with E-state index in [2.05, 4.69) is 20.8 Å². The number of allylic oxidation sites excluding steroid dienone is 3. The lowest BCUT2D eigenvalue weighted by atomic mass is 9.79. The molecule has 1 amide bonds. The van der Waals surface area contributed by atoms with Gasteiger partial charge in [0, 0.05) is 31.9 Å². The maximum absolute atomic E-state index is 14.2. The normalized spacial score (nSPS) is 40.3. The number of carbonyl (C=O) groups is 4. The van der Waals surface area contributed by atoms with Gasteiger partial charge in [0.2, 0.25) is 5.79 Å². The third-order valence-corrected chi connectivity index (χ3v) is 13.0. The molecule has 4 rings (SSSR count). The third kappa shape index (κ3) is 10.5. The van der Waals surface area contributed by atoms with Crippen LogP contribution in [0, 0.1) is 35.5 Å². The minimum atomic E-state index is -2.32. The van der Waals surface area contributed by atoms with Gasteiger partial charge in [-0.3, -0.25) is 14.4 Å². The van der Waals surface area contributed by atoms with E-state index in [0.29, 0.717) is 62.5 Å². The number of hydrogen-bond donors (Lipinski definition) is 3. The van der Waals surface area contributed by atoms with Gasteiger partial charge in [-0.15, -0.1) is 0 Å². The van der Waals surface area contributed by atoms with Gasteiger partial charge in [-0.2, -0.15) is 0 Å². The Balaban J connectivity index is 1.74. The van der Waals surface area contributed by atoms with Crippen molar-refractivity contribution in [3.8, 4) is 0 Å². The number of fused-ring (bicyclic) bond motifs is 3. The number of aliphatic hydroxyl groups excluding tert-OH is 2. The minimum Gasteiger partial charge on any atom is -0.456 e. The van der Waals surface area contributed by atoms with Crippen LogP contribution in [0.1, 0.15) is 132 Å². The molecule has 3 aliphatic heterocycles. The van der Waals surface area contributed by atoms with Gasteiger partial charge >= 0.3 is 5.97 Å². The number of Topliss-reactive ketones (excluding diaryl/α,β-unsaturated/α-hetero) is 2. The van der Waals surface area contributed by atoms with Gasteiger partial charge in [0.05, 0.1) is 24.4 Å². The second kappa shape index (κ2) is 19.6. The number of piperidine rings is 1. The van der Waals surface area contributed by atoms with Crippen molar-refractivity contribution in [1.29, 1.82) is 0 Å². The minimum absolute atomic E-state index is 0.0198. The Morgan fingerprint density at radius 3 is 2.35 bits per heavy atom. The topological polar surface area (TPSA) is 160 Å². The molecule has 11 heteroatoms. The van der Waals surface area contributed by atoms with Crippen LogP contribution >= 0.6 is 0 Å². The van der Waals surface area contributed by atoms with Gasteiger partial charge in [0.1, 0.15) is 12.1 Å². The van der Waals surface area contributed by atoms with Crippen LogP contribution in [0.5, 0.6) is 0 Å². The lowest BCUT2D eigenvalue weighted by Gasteiger charge is -2.44. The highest BCUT2D eigenvalue weighted by molar-refractivity contribution is 6.39. The Morgan fingerprint density at radius 1 is 0.963 bits per heavy atom. The molecular weight excluding hydrogens is 690 g/mol. The van der Waals surface area contributed by atoms with Crippen molar-refractivity contribution in [1.82, 2.24) is 4.90 Å². The third-order valence-electron chi connectivity index (χ3n) is 13.0. The number of ether oxygens (including phenoxy) is 3. The van der Waals surface area contributed by atoms with Crippen LogP contribution in [-0.2, 0) is 33.4 Å². The Labute approximate surface area is 323 Å². The van der Waals surface area contributed by atoms with Crippen LogP contribution in [-0.4, -0.2) is 99.7 Å². The molecule has 306 valence electrons. The molecule has 0 radical (unpaired) electrons. The molecule has 4 aliphatic rings. The Kier molecular flexibility index (Phi) is 16.1. The molecule has 13 atom stereocenters. The lowest BCUT2D eigenvalue weighted by molar-refractivity contribution is -0.271. The zero-order valence-corrected chi connectivity index (χ0v) is 34.1. The molecule has 3 heterocycles. The highest BCUT2D eigenvalue weighted by Crippen LogP contribution is 2.40. The van der Waals surface area contributed by atoms with Gasteiger partial charge in [-0.25, -0.2) is 4.79 Å². The predicted octanol–water partition coefficient (Wildman–Crippen LogP) is 5.86. The summed E-state index contributed by atoms with van der Waals surface area (Å²) in [5, 5.41) is 33.9.